The van der Waals surface area contributed by atoms with Crippen molar-refractivity contribution in [2.24, 2.45) is 0 Å². The molecule has 110 valence electrons. The van der Waals surface area contributed by atoms with Crippen LogP contribution in [0.2, 0.25) is 4.34 Å². The van der Waals surface area contributed by atoms with E-state index in [0.29, 0.717) is 17.4 Å². The molecular weight excluding hydrogens is 312 g/mol. The highest BCUT2D eigenvalue weighted by molar-refractivity contribution is 7.16. The fourth-order valence-corrected chi connectivity index (χ4v) is 2.65. The molecule has 0 saturated heterocycles. The van der Waals surface area contributed by atoms with Crippen molar-refractivity contribution >= 4 is 34.9 Å². The molecule has 0 spiro atoms. The monoisotopic (exact) mass is 324 g/mol. The lowest BCUT2D eigenvalue weighted by Gasteiger charge is -2.07. The van der Waals surface area contributed by atoms with Crippen LogP contribution in [0.4, 0.5) is 4.79 Å². The largest absolute Gasteiger partial charge is 0.478 e. The quantitative estimate of drug-likeness (QED) is 0.790. The molecule has 3 N–H and O–H groups in total. The molecule has 0 aliphatic rings. The SMILES string of the molecule is O=C(NCc1ccc(C(=O)O)cc1)NCc1ccc(Cl)s1. The number of carboxylic acid groups (broad SMARTS) is 1. The molecule has 1 heterocycles. The van der Waals surface area contributed by atoms with Gasteiger partial charge in [0.05, 0.1) is 16.4 Å². The Hall–Kier alpha value is -2.05. The van der Waals surface area contributed by atoms with Crippen LogP contribution in [-0.2, 0) is 13.1 Å². The molecule has 0 aliphatic heterocycles. The Balaban J connectivity index is 1.77. The molecule has 0 unspecified atom stereocenters. The first-order valence-corrected chi connectivity index (χ1v) is 7.32. The van der Waals surface area contributed by atoms with E-state index in [4.69, 9.17) is 16.7 Å². The number of hydrogen-bond acceptors (Lipinski definition) is 3. The van der Waals surface area contributed by atoms with Crippen molar-refractivity contribution in [3.8, 4) is 0 Å². The van der Waals surface area contributed by atoms with E-state index < -0.39 is 5.97 Å². The van der Waals surface area contributed by atoms with Gasteiger partial charge in [0.1, 0.15) is 0 Å². The number of carbonyl (C=O) groups excluding carboxylic acids is 1. The summed E-state index contributed by atoms with van der Waals surface area (Å²) in [5.74, 6) is -0.970. The Morgan fingerprint density at radius 3 is 2.29 bits per heavy atom. The zero-order valence-corrected chi connectivity index (χ0v) is 12.5. The molecule has 1 aromatic heterocycles. The lowest BCUT2D eigenvalue weighted by molar-refractivity contribution is 0.0697. The highest BCUT2D eigenvalue weighted by atomic mass is 35.5. The van der Waals surface area contributed by atoms with Crippen molar-refractivity contribution in [3.05, 3.63) is 56.7 Å². The van der Waals surface area contributed by atoms with Crippen LogP contribution in [0.1, 0.15) is 20.8 Å². The summed E-state index contributed by atoms with van der Waals surface area (Å²) in [4.78, 5) is 23.3. The van der Waals surface area contributed by atoms with Gasteiger partial charge in [-0.25, -0.2) is 9.59 Å². The van der Waals surface area contributed by atoms with Crippen molar-refractivity contribution < 1.29 is 14.7 Å². The van der Waals surface area contributed by atoms with Crippen LogP contribution >= 0.6 is 22.9 Å². The van der Waals surface area contributed by atoms with Crippen molar-refractivity contribution in [2.45, 2.75) is 13.1 Å². The zero-order chi connectivity index (χ0) is 15.2. The van der Waals surface area contributed by atoms with Gasteiger partial charge in [-0.2, -0.15) is 0 Å². The minimum absolute atomic E-state index is 0.220. The summed E-state index contributed by atoms with van der Waals surface area (Å²) in [7, 11) is 0. The number of carbonyl (C=O) groups is 2. The Bertz CT molecular complexity index is 640. The molecule has 0 aliphatic carbocycles. The van der Waals surface area contributed by atoms with Crippen molar-refractivity contribution in [1.82, 2.24) is 10.6 Å². The van der Waals surface area contributed by atoms with Crippen LogP contribution in [0, 0.1) is 0 Å². The molecule has 0 radical (unpaired) electrons. The van der Waals surface area contributed by atoms with E-state index >= 15 is 0 Å². The summed E-state index contributed by atoms with van der Waals surface area (Å²) >= 11 is 7.22. The Morgan fingerprint density at radius 2 is 1.71 bits per heavy atom. The second kappa shape index (κ2) is 7.10. The predicted molar refractivity (Wildman–Crippen MR) is 81.8 cm³/mol. The number of amides is 2. The Morgan fingerprint density at radius 1 is 1.05 bits per heavy atom. The number of rotatable bonds is 5. The first-order chi connectivity index (χ1) is 10.0. The van der Waals surface area contributed by atoms with Gasteiger partial charge in [-0.05, 0) is 29.8 Å². The fraction of sp³-hybridized carbons (Fsp3) is 0.143. The van der Waals surface area contributed by atoms with E-state index in [2.05, 4.69) is 10.6 Å². The Kier molecular flexibility index (Phi) is 5.19. The number of hydrogen-bond donors (Lipinski definition) is 3. The molecule has 2 amide bonds. The van der Waals surface area contributed by atoms with Gasteiger partial charge in [-0.1, -0.05) is 23.7 Å². The van der Waals surface area contributed by atoms with Crippen LogP contribution in [0.3, 0.4) is 0 Å². The summed E-state index contributed by atoms with van der Waals surface area (Å²) < 4.78 is 0.686. The summed E-state index contributed by atoms with van der Waals surface area (Å²) in [6.45, 7) is 0.748. The molecular formula is C14H13ClN2O3S. The van der Waals surface area contributed by atoms with E-state index in [1.54, 1.807) is 18.2 Å². The predicted octanol–water partition coefficient (Wildman–Crippen LogP) is 3.10. The number of benzene rings is 1. The van der Waals surface area contributed by atoms with Gasteiger partial charge in [0.2, 0.25) is 0 Å². The third-order valence-electron chi connectivity index (χ3n) is 2.71. The summed E-state index contributed by atoms with van der Waals surface area (Å²) in [5, 5.41) is 14.2. The third-order valence-corrected chi connectivity index (χ3v) is 3.94. The van der Waals surface area contributed by atoms with Gasteiger partial charge in [0.15, 0.2) is 0 Å². The number of urea groups is 1. The molecule has 7 heteroatoms. The molecule has 0 saturated carbocycles. The summed E-state index contributed by atoms with van der Waals surface area (Å²) in [6.07, 6.45) is 0. The maximum absolute atomic E-state index is 11.6. The number of carboxylic acids is 1. The normalized spacial score (nSPS) is 10.1. The van der Waals surface area contributed by atoms with Gasteiger partial charge < -0.3 is 15.7 Å². The topological polar surface area (TPSA) is 78.4 Å². The molecule has 2 aromatic rings. The number of nitrogens with one attached hydrogen (secondary N) is 2. The molecule has 21 heavy (non-hydrogen) atoms. The van der Waals surface area contributed by atoms with Crippen LogP contribution in [0.25, 0.3) is 0 Å². The van der Waals surface area contributed by atoms with E-state index in [0.717, 1.165) is 10.4 Å². The number of halogens is 1. The molecule has 0 atom stereocenters. The van der Waals surface area contributed by atoms with Gasteiger partial charge in [-0.3, -0.25) is 0 Å². The molecule has 0 fully saturated rings. The van der Waals surface area contributed by atoms with Gasteiger partial charge in [0, 0.05) is 11.4 Å². The second-order valence-electron chi connectivity index (χ2n) is 4.24. The van der Waals surface area contributed by atoms with Crippen LogP contribution in [0.5, 0.6) is 0 Å². The maximum Gasteiger partial charge on any atom is 0.335 e. The van der Waals surface area contributed by atoms with E-state index in [9.17, 15) is 9.59 Å². The average Bonchev–Trinajstić information content (AvgIpc) is 2.89. The van der Waals surface area contributed by atoms with Crippen LogP contribution in [-0.4, -0.2) is 17.1 Å². The average molecular weight is 325 g/mol. The fourth-order valence-electron chi connectivity index (χ4n) is 1.62. The third kappa shape index (κ3) is 4.77. The van der Waals surface area contributed by atoms with Crippen LogP contribution in [0.15, 0.2) is 36.4 Å². The van der Waals surface area contributed by atoms with E-state index in [1.165, 1.54) is 23.5 Å². The lowest BCUT2D eigenvalue weighted by Crippen LogP contribution is -2.34. The summed E-state index contributed by atoms with van der Waals surface area (Å²) in [6, 6.07) is 9.70. The standard InChI is InChI=1S/C14H13ClN2O3S/c15-12-6-5-11(21-12)8-17-14(20)16-7-9-1-3-10(4-2-9)13(18)19/h1-6H,7-8H2,(H,18,19)(H2,16,17,20). The molecule has 5 nitrogen and oxygen atoms in total. The van der Waals surface area contributed by atoms with Crippen LogP contribution < -0.4 is 10.6 Å². The molecule has 2 rings (SSSR count). The highest BCUT2D eigenvalue weighted by Gasteiger charge is 2.04. The minimum Gasteiger partial charge on any atom is -0.478 e. The van der Waals surface area contributed by atoms with Gasteiger partial charge in [-0.15, -0.1) is 11.3 Å². The lowest BCUT2D eigenvalue weighted by atomic mass is 10.1. The number of aromatic carboxylic acids is 1. The zero-order valence-electron chi connectivity index (χ0n) is 10.9. The van der Waals surface area contributed by atoms with Gasteiger partial charge >= 0.3 is 12.0 Å². The summed E-state index contributed by atoms with van der Waals surface area (Å²) in [5.41, 5.74) is 1.05. The Labute approximate surface area is 130 Å². The molecule has 0 bridgehead atoms. The highest BCUT2D eigenvalue weighted by Crippen LogP contribution is 2.20. The number of thiophene rings is 1. The van der Waals surface area contributed by atoms with Gasteiger partial charge in [0.25, 0.3) is 0 Å². The maximum atomic E-state index is 11.6. The van der Waals surface area contributed by atoms with E-state index in [-0.39, 0.29) is 11.6 Å². The van der Waals surface area contributed by atoms with Crippen molar-refractivity contribution in [3.63, 3.8) is 0 Å². The van der Waals surface area contributed by atoms with Crippen molar-refractivity contribution in [2.75, 3.05) is 0 Å². The smallest absolute Gasteiger partial charge is 0.335 e. The first kappa shape index (κ1) is 15.3. The first-order valence-electron chi connectivity index (χ1n) is 6.13. The van der Waals surface area contributed by atoms with E-state index in [1.807, 2.05) is 6.07 Å². The second-order valence-corrected chi connectivity index (χ2v) is 6.04. The van der Waals surface area contributed by atoms with Crippen molar-refractivity contribution in [1.29, 1.82) is 0 Å². The molecule has 1 aromatic carbocycles. The minimum atomic E-state index is -0.970.